The molecule has 0 saturated carbocycles. The van der Waals surface area contributed by atoms with Crippen LogP contribution in [-0.2, 0) is 27.7 Å². The van der Waals surface area contributed by atoms with Crippen molar-refractivity contribution >= 4 is 38.2 Å². The van der Waals surface area contributed by atoms with Gasteiger partial charge in [-0.05, 0) is 55.0 Å². The van der Waals surface area contributed by atoms with Crippen LogP contribution in [0.3, 0.4) is 0 Å². The molecular formula is C21H20N4O3S2. The minimum Gasteiger partial charge on any atom is -0.330 e. The fraction of sp³-hybridized carbons (Fsp3) is 0.286. The molecule has 3 aliphatic rings. The molecule has 0 radical (unpaired) electrons. The Morgan fingerprint density at radius 3 is 2.83 bits per heavy atom. The molecule has 0 fully saturated rings. The Morgan fingerprint density at radius 1 is 1.13 bits per heavy atom. The minimum atomic E-state index is -3.41. The van der Waals surface area contributed by atoms with Crippen LogP contribution in [0.25, 0.3) is 11.3 Å². The lowest BCUT2D eigenvalue weighted by molar-refractivity contribution is -0.112. The van der Waals surface area contributed by atoms with Gasteiger partial charge in [-0.2, -0.15) is 0 Å². The highest BCUT2D eigenvalue weighted by molar-refractivity contribution is 7.90. The number of amidine groups is 1. The molecule has 1 aliphatic carbocycles. The summed E-state index contributed by atoms with van der Waals surface area (Å²) >= 11 is 1.39. The van der Waals surface area contributed by atoms with Crippen LogP contribution >= 0.6 is 11.3 Å². The Bertz CT molecular complexity index is 1220. The topological polar surface area (TPSA) is 91.7 Å². The number of anilines is 1. The fourth-order valence-electron chi connectivity index (χ4n) is 3.86. The van der Waals surface area contributed by atoms with Gasteiger partial charge in [-0.1, -0.05) is 12.1 Å². The van der Waals surface area contributed by atoms with Crippen LogP contribution in [0.5, 0.6) is 0 Å². The molecule has 154 valence electrons. The van der Waals surface area contributed by atoms with Gasteiger partial charge in [-0.3, -0.25) is 10.1 Å². The zero-order valence-corrected chi connectivity index (χ0v) is 17.8. The molecular weight excluding hydrogens is 420 g/mol. The Morgan fingerprint density at radius 2 is 1.97 bits per heavy atom. The van der Waals surface area contributed by atoms with E-state index in [9.17, 15) is 13.2 Å². The van der Waals surface area contributed by atoms with E-state index in [4.69, 9.17) is 0 Å². The molecule has 7 nitrogen and oxygen atoms in total. The number of aryl methyl sites for hydroxylation is 2. The molecule has 0 unspecified atom stereocenters. The monoisotopic (exact) mass is 440 g/mol. The van der Waals surface area contributed by atoms with E-state index in [-0.39, 0.29) is 18.2 Å². The third-order valence-electron chi connectivity index (χ3n) is 5.46. The van der Waals surface area contributed by atoms with E-state index in [0.717, 1.165) is 24.1 Å². The van der Waals surface area contributed by atoms with Crippen LogP contribution in [0.1, 0.15) is 24.0 Å². The summed E-state index contributed by atoms with van der Waals surface area (Å²) < 4.78 is 26.9. The number of amides is 1. The highest BCUT2D eigenvalue weighted by Crippen LogP contribution is 2.30. The van der Waals surface area contributed by atoms with Crippen molar-refractivity contribution in [1.29, 1.82) is 0 Å². The number of rotatable bonds is 3. The summed E-state index contributed by atoms with van der Waals surface area (Å²) in [7, 11) is -3.41. The number of fused-ring (bicyclic) bond motifs is 2. The Hall–Kier alpha value is -2.78. The van der Waals surface area contributed by atoms with Crippen LogP contribution in [0.4, 0.5) is 5.13 Å². The molecule has 1 amide bonds. The van der Waals surface area contributed by atoms with Crippen molar-refractivity contribution in [2.24, 2.45) is 4.40 Å². The van der Waals surface area contributed by atoms with E-state index in [1.54, 1.807) is 23.3 Å². The number of carbonyl (C=O) groups is 1. The highest BCUT2D eigenvalue weighted by Gasteiger charge is 2.25. The normalized spacial score (nSPS) is 19.4. The van der Waals surface area contributed by atoms with Gasteiger partial charge in [0.25, 0.3) is 15.9 Å². The van der Waals surface area contributed by atoms with E-state index < -0.39 is 10.0 Å². The van der Waals surface area contributed by atoms with Gasteiger partial charge in [-0.25, -0.2) is 13.4 Å². The van der Waals surface area contributed by atoms with E-state index in [1.807, 2.05) is 5.38 Å². The third-order valence-corrected chi connectivity index (χ3v) is 7.38. The van der Waals surface area contributed by atoms with Crippen LogP contribution < -0.4 is 5.32 Å². The first kappa shape index (κ1) is 19.2. The number of hydrogen-bond donors (Lipinski definition) is 1. The van der Waals surface area contributed by atoms with Crippen molar-refractivity contribution < 1.29 is 13.2 Å². The second-order valence-corrected chi connectivity index (χ2v) is 10.1. The number of aromatic nitrogens is 1. The Balaban J connectivity index is 1.31. The van der Waals surface area contributed by atoms with Crippen molar-refractivity contribution in [2.75, 3.05) is 17.6 Å². The third kappa shape index (κ3) is 3.82. The number of nitrogens with zero attached hydrogens (tertiary/aromatic N) is 3. The summed E-state index contributed by atoms with van der Waals surface area (Å²) in [6.45, 7) is 0.280. The molecule has 1 N–H and O–H groups in total. The van der Waals surface area contributed by atoms with Gasteiger partial charge in [0.2, 0.25) is 0 Å². The average Bonchev–Trinajstić information content (AvgIpc) is 3.21. The first-order valence-corrected chi connectivity index (χ1v) is 12.3. The lowest BCUT2D eigenvalue weighted by Crippen LogP contribution is -2.37. The first-order valence-electron chi connectivity index (χ1n) is 9.85. The van der Waals surface area contributed by atoms with Gasteiger partial charge in [0, 0.05) is 23.7 Å². The maximum Gasteiger partial charge on any atom is 0.258 e. The van der Waals surface area contributed by atoms with E-state index >= 15 is 0 Å². The molecule has 0 saturated heterocycles. The molecule has 0 spiro atoms. The lowest BCUT2D eigenvalue weighted by Gasteiger charge is -2.26. The molecule has 5 rings (SSSR count). The second kappa shape index (κ2) is 7.48. The first-order chi connectivity index (χ1) is 14.5. The van der Waals surface area contributed by atoms with Crippen molar-refractivity contribution in [3.63, 3.8) is 0 Å². The second-order valence-electron chi connectivity index (χ2n) is 7.53. The highest BCUT2D eigenvalue weighted by atomic mass is 32.2. The Labute approximate surface area is 178 Å². The minimum absolute atomic E-state index is 0.0631. The molecule has 3 heterocycles. The number of benzene rings is 1. The molecule has 1 aromatic heterocycles. The summed E-state index contributed by atoms with van der Waals surface area (Å²) in [6, 6.07) is 6.51. The van der Waals surface area contributed by atoms with Crippen molar-refractivity contribution in [3.8, 4) is 11.3 Å². The molecule has 9 heteroatoms. The van der Waals surface area contributed by atoms with Crippen LogP contribution in [0, 0.1) is 0 Å². The SMILES string of the molecule is O=C(Nc1nc(-c2ccc3c(c2)CCCC3)cs1)C1=CN2CCS(=O)(=O)N=C2C=C1. The van der Waals surface area contributed by atoms with Crippen molar-refractivity contribution in [1.82, 2.24) is 9.88 Å². The summed E-state index contributed by atoms with van der Waals surface area (Å²) in [4.78, 5) is 18.9. The number of hydrogen-bond acceptors (Lipinski definition) is 6. The van der Waals surface area contributed by atoms with Gasteiger partial charge >= 0.3 is 0 Å². The average molecular weight is 441 g/mol. The van der Waals surface area contributed by atoms with E-state index in [1.165, 1.54) is 35.3 Å². The number of carbonyl (C=O) groups excluding carboxylic acids is 1. The van der Waals surface area contributed by atoms with Crippen LogP contribution in [0.15, 0.2) is 51.9 Å². The fourth-order valence-corrected chi connectivity index (χ4v) is 5.55. The summed E-state index contributed by atoms with van der Waals surface area (Å²) in [5, 5.41) is 5.32. The van der Waals surface area contributed by atoms with Crippen LogP contribution in [-0.4, -0.2) is 42.3 Å². The summed E-state index contributed by atoms with van der Waals surface area (Å²) in [6.07, 6.45) is 9.49. The number of thiazole rings is 1. The predicted molar refractivity (Wildman–Crippen MR) is 118 cm³/mol. The zero-order chi connectivity index (χ0) is 20.7. The summed E-state index contributed by atoms with van der Waals surface area (Å²) in [5.41, 5.74) is 5.18. The summed E-state index contributed by atoms with van der Waals surface area (Å²) in [5.74, 6) is -0.0152. The molecule has 30 heavy (non-hydrogen) atoms. The number of nitrogens with one attached hydrogen (secondary N) is 1. The molecule has 2 aromatic rings. The van der Waals surface area contributed by atoms with E-state index in [0.29, 0.717) is 16.5 Å². The van der Waals surface area contributed by atoms with Crippen LogP contribution in [0.2, 0.25) is 0 Å². The smallest absolute Gasteiger partial charge is 0.258 e. The van der Waals surface area contributed by atoms with Crippen molar-refractivity contribution in [2.45, 2.75) is 25.7 Å². The predicted octanol–water partition coefficient (Wildman–Crippen LogP) is 3.13. The number of sulfonamides is 1. The maximum atomic E-state index is 12.7. The zero-order valence-electron chi connectivity index (χ0n) is 16.2. The van der Waals surface area contributed by atoms with Gasteiger partial charge < -0.3 is 4.90 Å². The Kier molecular flexibility index (Phi) is 4.79. The molecule has 0 bridgehead atoms. The quantitative estimate of drug-likeness (QED) is 0.792. The van der Waals surface area contributed by atoms with Gasteiger partial charge in [0.1, 0.15) is 5.84 Å². The van der Waals surface area contributed by atoms with Gasteiger partial charge in [-0.15, -0.1) is 15.7 Å². The van der Waals surface area contributed by atoms with Gasteiger partial charge in [0.15, 0.2) is 5.13 Å². The molecule has 2 aliphatic heterocycles. The maximum absolute atomic E-state index is 12.7. The largest absolute Gasteiger partial charge is 0.330 e. The standard InChI is InChI=1S/C21H20N4O3S2/c26-20(17-7-8-19-24-30(27,28)10-9-25(19)12-17)23-21-22-18(13-29-21)16-6-5-14-3-1-2-4-15(14)11-16/h5-8,11-13H,1-4,9-10H2,(H,22,23,26). The van der Waals surface area contributed by atoms with Crippen molar-refractivity contribution in [3.05, 3.63) is 58.6 Å². The van der Waals surface area contributed by atoms with Gasteiger partial charge in [0.05, 0.1) is 17.0 Å². The molecule has 1 aromatic carbocycles. The van der Waals surface area contributed by atoms with E-state index in [2.05, 4.69) is 32.9 Å². The lowest BCUT2D eigenvalue weighted by atomic mass is 9.90. The molecule has 0 atom stereocenters.